The topological polar surface area (TPSA) is 84.9 Å². The van der Waals surface area contributed by atoms with E-state index >= 15 is 0 Å². The number of hydrogen-bond acceptors (Lipinski definition) is 5. The van der Waals surface area contributed by atoms with Crippen molar-refractivity contribution in [1.82, 2.24) is 10.2 Å². The molecule has 0 heterocycles. The minimum atomic E-state index is -0.651. The fourth-order valence-electron chi connectivity index (χ4n) is 1.58. The summed E-state index contributed by atoms with van der Waals surface area (Å²) in [5.74, 6) is -1.25. The second-order valence-electron chi connectivity index (χ2n) is 4.19. The van der Waals surface area contributed by atoms with Crippen LogP contribution in [0.5, 0.6) is 0 Å². The van der Waals surface area contributed by atoms with Gasteiger partial charge in [-0.25, -0.2) is 14.4 Å². The average molecular weight is 300 g/mol. The Kier molecular flexibility index (Phi) is 9.66. The third-order valence-corrected chi connectivity index (χ3v) is 2.57. The van der Waals surface area contributed by atoms with Crippen molar-refractivity contribution < 1.29 is 23.9 Å². The SMILES string of the molecule is CCNC(=O)N(CC)[C@@H](C)COC(=O)/C=C/C(=O)OCC. The highest BCUT2D eigenvalue weighted by Gasteiger charge is 2.18. The first kappa shape index (κ1) is 18.9. The van der Waals surface area contributed by atoms with Gasteiger partial charge in [0.1, 0.15) is 6.61 Å². The first-order valence-corrected chi connectivity index (χ1v) is 7.02. The summed E-state index contributed by atoms with van der Waals surface area (Å²) in [7, 11) is 0. The van der Waals surface area contributed by atoms with E-state index in [1.165, 1.54) is 0 Å². The van der Waals surface area contributed by atoms with Crippen LogP contribution in [-0.2, 0) is 19.1 Å². The number of rotatable bonds is 8. The van der Waals surface area contributed by atoms with Crippen molar-refractivity contribution in [2.45, 2.75) is 33.7 Å². The monoisotopic (exact) mass is 300 g/mol. The molecule has 0 aromatic rings. The first-order valence-electron chi connectivity index (χ1n) is 7.02. The number of carbonyl (C=O) groups excluding carboxylic acids is 3. The van der Waals surface area contributed by atoms with Gasteiger partial charge in [-0.1, -0.05) is 0 Å². The molecule has 0 bridgehead atoms. The van der Waals surface area contributed by atoms with E-state index in [1.54, 1.807) is 18.7 Å². The van der Waals surface area contributed by atoms with E-state index in [2.05, 4.69) is 10.1 Å². The van der Waals surface area contributed by atoms with E-state index in [4.69, 9.17) is 4.74 Å². The van der Waals surface area contributed by atoms with Crippen molar-refractivity contribution in [3.63, 3.8) is 0 Å². The largest absolute Gasteiger partial charge is 0.463 e. The highest BCUT2D eigenvalue weighted by atomic mass is 16.5. The number of nitrogens with one attached hydrogen (secondary N) is 1. The van der Waals surface area contributed by atoms with Crippen molar-refractivity contribution in [3.05, 3.63) is 12.2 Å². The van der Waals surface area contributed by atoms with Crippen LogP contribution in [0.1, 0.15) is 27.7 Å². The Morgan fingerprint density at radius 2 is 1.67 bits per heavy atom. The predicted molar refractivity (Wildman–Crippen MR) is 77.6 cm³/mol. The third-order valence-electron chi connectivity index (χ3n) is 2.57. The van der Waals surface area contributed by atoms with Crippen LogP contribution in [0.3, 0.4) is 0 Å². The van der Waals surface area contributed by atoms with Crippen LogP contribution in [0, 0.1) is 0 Å². The first-order chi connectivity index (χ1) is 9.96. The molecule has 0 radical (unpaired) electrons. The van der Waals surface area contributed by atoms with Crippen LogP contribution in [0.15, 0.2) is 12.2 Å². The normalized spacial score (nSPS) is 11.8. The zero-order chi connectivity index (χ0) is 16.3. The summed E-state index contributed by atoms with van der Waals surface area (Å²) in [6.45, 7) is 8.45. The zero-order valence-electron chi connectivity index (χ0n) is 13.0. The van der Waals surface area contributed by atoms with E-state index in [1.807, 2.05) is 13.8 Å². The lowest BCUT2D eigenvalue weighted by atomic mass is 10.3. The Morgan fingerprint density at radius 1 is 1.10 bits per heavy atom. The number of hydrogen-bond donors (Lipinski definition) is 1. The third kappa shape index (κ3) is 7.96. The molecule has 0 unspecified atom stereocenters. The molecule has 1 atom stereocenters. The molecule has 7 heteroatoms. The lowest BCUT2D eigenvalue weighted by Gasteiger charge is -2.27. The number of nitrogens with zero attached hydrogens (tertiary/aromatic N) is 1. The minimum absolute atomic E-state index is 0.0526. The van der Waals surface area contributed by atoms with Gasteiger partial charge in [0.25, 0.3) is 0 Å². The van der Waals surface area contributed by atoms with Crippen molar-refractivity contribution in [1.29, 1.82) is 0 Å². The Bertz CT molecular complexity index is 382. The van der Waals surface area contributed by atoms with E-state index in [9.17, 15) is 14.4 Å². The Morgan fingerprint density at radius 3 is 2.14 bits per heavy atom. The van der Waals surface area contributed by atoms with Crippen molar-refractivity contribution in [2.24, 2.45) is 0 Å². The van der Waals surface area contributed by atoms with Gasteiger partial charge in [0.15, 0.2) is 0 Å². The van der Waals surface area contributed by atoms with Gasteiger partial charge in [0.05, 0.1) is 12.6 Å². The predicted octanol–water partition coefficient (Wildman–Crippen LogP) is 1.09. The number of likely N-dealkylation sites (N-methyl/N-ethyl adjacent to an activating group) is 1. The number of amides is 2. The van der Waals surface area contributed by atoms with Crippen LogP contribution in [0.2, 0.25) is 0 Å². The van der Waals surface area contributed by atoms with E-state index in [-0.39, 0.29) is 25.3 Å². The van der Waals surface area contributed by atoms with Gasteiger partial charge in [0.2, 0.25) is 0 Å². The number of ether oxygens (including phenoxy) is 2. The summed E-state index contributed by atoms with van der Waals surface area (Å²) in [4.78, 5) is 35.8. The molecule has 0 aliphatic carbocycles. The molecule has 0 aliphatic heterocycles. The maximum atomic E-state index is 11.7. The maximum Gasteiger partial charge on any atom is 0.331 e. The summed E-state index contributed by atoms with van der Waals surface area (Å²) in [6, 6.07) is -0.466. The van der Waals surface area contributed by atoms with Gasteiger partial charge in [-0.3, -0.25) is 0 Å². The molecular weight excluding hydrogens is 276 g/mol. The molecule has 120 valence electrons. The molecule has 0 spiro atoms. The summed E-state index contributed by atoms with van der Waals surface area (Å²) >= 11 is 0. The molecule has 1 N–H and O–H groups in total. The van der Waals surface area contributed by atoms with Crippen LogP contribution >= 0.6 is 0 Å². The summed E-state index contributed by atoms with van der Waals surface area (Å²) in [5.41, 5.74) is 0. The summed E-state index contributed by atoms with van der Waals surface area (Å²) < 4.78 is 9.63. The van der Waals surface area contributed by atoms with Crippen LogP contribution in [0.4, 0.5) is 4.79 Å². The molecular formula is C14H24N2O5. The maximum absolute atomic E-state index is 11.7. The van der Waals surface area contributed by atoms with E-state index < -0.39 is 11.9 Å². The fourth-order valence-corrected chi connectivity index (χ4v) is 1.58. The molecule has 0 aromatic carbocycles. The zero-order valence-corrected chi connectivity index (χ0v) is 13.0. The summed E-state index contributed by atoms with van der Waals surface area (Å²) in [6.07, 6.45) is 2.02. The number of carbonyl (C=O) groups is 3. The van der Waals surface area contributed by atoms with Crippen LogP contribution in [-0.4, -0.2) is 55.2 Å². The second-order valence-corrected chi connectivity index (χ2v) is 4.19. The highest BCUT2D eigenvalue weighted by molar-refractivity contribution is 5.91. The number of urea groups is 1. The molecule has 0 saturated carbocycles. The highest BCUT2D eigenvalue weighted by Crippen LogP contribution is 2.01. The standard InChI is InChI=1S/C14H24N2O5/c1-5-15-14(19)16(6-2)11(4)10-21-13(18)9-8-12(17)20-7-3/h8-9,11H,5-7,10H2,1-4H3,(H,15,19)/b9-8+/t11-/m0/s1. The van der Waals surface area contributed by atoms with Gasteiger partial charge >= 0.3 is 18.0 Å². The molecule has 0 rings (SSSR count). The van der Waals surface area contributed by atoms with Crippen molar-refractivity contribution >= 4 is 18.0 Å². The lowest BCUT2D eigenvalue weighted by Crippen LogP contribution is -2.46. The lowest BCUT2D eigenvalue weighted by molar-refractivity contribution is -0.141. The molecule has 7 nitrogen and oxygen atoms in total. The van der Waals surface area contributed by atoms with Gasteiger partial charge < -0.3 is 19.7 Å². The molecule has 0 saturated heterocycles. The van der Waals surface area contributed by atoms with E-state index in [0.717, 1.165) is 12.2 Å². The molecule has 0 aromatic heterocycles. The quantitative estimate of drug-likeness (QED) is 0.536. The fraction of sp³-hybridized carbons (Fsp3) is 0.643. The summed E-state index contributed by atoms with van der Waals surface area (Å²) in [5, 5.41) is 2.69. The smallest absolute Gasteiger partial charge is 0.331 e. The Hall–Kier alpha value is -2.05. The minimum Gasteiger partial charge on any atom is -0.463 e. The van der Waals surface area contributed by atoms with Crippen LogP contribution in [0.25, 0.3) is 0 Å². The molecule has 0 aliphatic rings. The van der Waals surface area contributed by atoms with E-state index in [0.29, 0.717) is 13.1 Å². The Balaban J connectivity index is 4.27. The molecule has 0 fully saturated rings. The van der Waals surface area contributed by atoms with Gasteiger partial charge in [0, 0.05) is 25.2 Å². The van der Waals surface area contributed by atoms with Crippen molar-refractivity contribution in [3.8, 4) is 0 Å². The van der Waals surface area contributed by atoms with Gasteiger partial charge in [-0.2, -0.15) is 0 Å². The van der Waals surface area contributed by atoms with Gasteiger partial charge in [-0.15, -0.1) is 0 Å². The Labute approximate surface area is 125 Å². The van der Waals surface area contributed by atoms with Crippen LogP contribution < -0.4 is 5.32 Å². The molecule has 2 amide bonds. The molecule has 21 heavy (non-hydrogen) atoms. The number of esters is 2. The second kappa shape index (κ2) is 10.7. The average Bonchev–Trinajstić information content (AvgIpc) is 2.44. The van der Waals surface area contributed by atoms with Gasteiger partial charge in [-0.05, 0) is 27.7 Å². The van der Waals surface area contributed by atoms with Crippen molar-refractivity contribution in [2.75, 3.05) is 26.3 Å².